The lowest BCUT2D eigenvalue weighted by atomic mass is 9.91. The first-order valence-corrected chi connectivity index (χ1v) is 15.6. The lowest BCUT2D eigenvalue weighted by Crippen LogP contribution is -2.57. The molecule has 0 aromatic heterocycles. The van der Waals surface area contributed by atoms with Gasteiger partial charge in [0.05, 0.1) is 19.3 Å². The van der Waals surface area contributed by atoms with E-state index in [4.69, 9.17) is 18.7 Å². The fraction of sp³-hybridized carbons (Fsp3) is 0.419. The third-order valence-electron chi connectivity index (χ3n) is 7.02. The average Bonchev–Trinajstić information content (AvgIpc) is 2.97. The van der Waals surface area contributed by atoms with Crippen LogP contribution < -0.4 is 19.5 Å². The summed E-state index contributed by atoms with van der Waals surface area (Å²) in [5.41, 5.74) is 1.12. The lowest BCUT2D eigenvalue weighted by Gasteiger charge is -2.46. The van der Waals surface area contributed by atoms with Crippen LogP contribution in [0.2, 0.25) is 0 Å². The second-order valence-corrected chi connectivity index (χ2v) is 12.4. The van der Waals surface area contributed by atoms with E-state index in [1.54, 1.807) is 0 Å². The molecule has 39 heavy (non-hydrogen) atoms. The molecule has 1 aliphatic rings. The van der Waals surface area contributed by atoms with Crippen LogP contribution in [0.4, 0.5) is 0 Å². The number of nitrogens with one attached hydrogen (secondary N) is 1. The quantitative estimate of drug-likeness (QED) is 0.162. The van der Waals surface area contributed by atoms with Gasteiger partial charge in [0, 0.05) is 0 Å². The van der Waals surface area contributed by atoms with E-state index in [0.29, 0.717) is 44.8 Å². The maximum atomic E-state index is 14.3. The molecule has 0 aliphatic heterocycles. The normalized spacial score (nSPS) is 20.6. The zero-order chi connectivity index (χ0) is 27.4. The van der Waals surface area contributed by atoms with Crippen molar-refractivity contribution >= 4 is 7.37 Å². The minimum atomic E-state index is -3.43. The number of hydrogen-bond acceptors (Lipinski definition) is 7. The van der Waals surface area contributed by atoms with E-state index in [9.17, 15) is 9.67 Å². The molecular formula is C31H40NO6P. The molecule has 0 bridgehead atoms. The van der Waals surface area contributed by atoms with Crippen molar-refractivity contribution in [3.63, 3.8) is 0 Å². The number of hydrogen-bond donors (Lipinski definition) is 2. The van der Waals surface area contributed by atoms with Gasteiger partial charge in [0.2, 0.25) is 0 Å². The summed E-state index contributed by atoms with van der Waals surface area (Å²) in [6.07, 6.45) is 2.69. The number of ether oxygens (including phenoxy) is 3. The molecule has 7 nitrogen and oxygen atoms in total. The van der Waals surface area contributed by atoms with E-state index < -0.39 is 18.8 Å². The van der Waals surface area contributed by atoms with E-state index in [-0.39, 0.29) is 13.0 Å². The number of benzene rings is 3. The van der Waals surface area contributed by atoms with Crippen molar-refractivity contribution in [3.8, 4) is 17.2 Å². The van der Waals surface area contributed by atoms with E-state index in [1.165, 1.54) is 0 Å². The number of aliphatic hydroxyl groups is 1. The first kappa shape index (κ1) is 29.2. The Balaban J connectivity index is 1.30. The summed E-state index contributed by atoms with van der Waals surface area (Å²) in [5.74, 6) is 2.17. The molecular weight excluding hydrogens is 513 g/mol. The first-order chi connectivity index (χ1) is 19.0. The summed E-state index contributed by atoms with van der Waals surface area (Å²) >= 11 is 0. The largest absolute Gasteiger partial charge is 0.494 e. The Morgan fingerprint density at radius 1 is 0.872 bits per heavy atom. The van der Waals surface area contributed by atoms with Gasteiger partial charge in [0.1, 0.15) is 29.1 Å². The van der Waals surface area contributed by atoms with Gasteiger partial charge >= 0.3 is 0 Å². The molecule has 2 N–H and O–H groups in total. The van der Waals surface area contributed by atoms with E-state index in [0.717, 1.165) is 29.9 Å². The molecule has 3 atom stereocenters. The first-order valence-electron chi connectivity index (χ1n) is 13.8. The van der Waals surface area contributed by atoms with Gasteiger partial charge in [-0.1, -0.05) is 61.4 Å². The van der Waals surface area contributed by atoms with Crippen LogP contribution in [0.3, 0.4) is 0 Å². The van der Waals surface area contributed by atoms with Gasteiger partial charge in [0.15, 0.2) is 6.35 Å². The van der Waals surface area contributed by atoms with Gasteiger partial charge in [-0.2, -0.15) is 0 Å². The van der Waals surface area contributed by atoms with Gasteiger partial charge in [-0.3, -0.25) is 4.57 Å². The van der Waals surface area contributed by atoms with E-state index in [1.807, 2.05) is 91.9 Å². The van der Waals surface area contributed by atoms with Crippen LogP contribution in [0.25, 0.3) is 0 Å². The van der Waals surface area contributed by atoms with Crippen molar-refractivity contribution in [2.24, 2.45) is 0 Å². The predicted molar refractivity (Wildman–Crippen MR) is 154 cm³/mol. The molecule has 3 aromatic rings. The van der Waals surface area contributed by atoms with Crippen LogP contribution in [-0.4, -0.2) is 42.6 Å². The van der Waals surface area contributed by atoms with Crippen molar-refractivity contribution < 1.29 is 28.4 Å². The Bertz CT molecular complexity index is 1160. The van der Waals surface area contributed by atoms with E-state index >= 15 is 0 Å². The molecule has 1 saturated carbocycles. The predicted octanol–water partition coefficient (Wildman–Crippen LogP) is 6.61. The number of rotatable bonds is 15. The molecule has 0 heterocycles. The minimum Gasteiger partial charge on any atom is -0.494 e. The third-order valence-corrected chi connectivity index (χ3v) is 10.1. The molecule has 3 unspecified atom stereocenters. The Morgan fingerprint density at radius 2 is 1.51 bits per heavy atom. The highest BCUT2D eigenvalue weighted by molar-refractivity contribution is 7.60. The maximum absolute atomic E-state index is 14.3. The highest BCUT2D eigenvalue weighted by Gasteiger charge is 2.55. The fourth-order valence-corrected chi connectivity index (χ4v) is 7.66. The van der Waals surface area contributed by atoms with Crippen LogP contribution >= 0.6 is 7.37 Å². The standard InChI is InChI=1S/C31H40NO6P/c1-2-38-39(34,25-37-27-14-7-4-8-15-27)31(21-10-9-16-30(31)33)32-22-11-23-35-28-17-19-29(20-18-28)36-24-26-12-5-3-6-13-26/h3-8,12-15,17-20,30,32-33H,2,9-11,16,21-25H2,1H3. The summed E-state index contributed by atoms with van der Waals surface area (Å²) in [6.45, 7) is 3.62. The van der Waals surface area contributed by atoms with Crippen LogP contribution in [0, 0.1) is 0 Å². The van der Waals surface area contributed by atoms with Crippen molar-refractivity contribution in [2.75, 3.05) is 26.1 Å². The number of aliphatic hydroxyl groups excluding tert-OH is 1. The van der Waals surface area contributed by atoms with Crippen LogP contribution in [0.1, 0.15) is 44.6 Å². The minimum absolute atomic E-state index is 0.0931. The zero-order valence-electron chi connectivity index (χ0n) is 22.7. The van der Waals surface area contributed by atoms with Gasteiger partial charge in [-0.15, -0.1) is 0 Å². The van der Waals surface area contributed by atoms with Gasteiger partial charge in [0.25, 0.3) is 7.37 Å². The fourth-order valence-electron chi connectivity index (χ4n) is 4.95. The Kier molecular flexibility index (Phi) is 10.9. The average molecular weight is 554 g/mol. The Hall–Kier alpha value is -2.83. The van der Waals surface area contributed by atoms with Gasteiger partial charge in [-0.25, -0.2) is 0 Å². The molecule has 3 aromatic carbocycles. The highest BCUT2D eigenvalue weighted by atomic mass is 31.2. The van der Waals surface area contributed by atoms with Crippen LogP contribution in [-0.2, 0) is 15.7 Å². The lowest BCUT2D eigenvalue weighted by molar-refractivity contribution is 0.0554. The molecule has 8 heteroatoms. The summed E-state index contributed by atoms with van der Waals surface area (Å²) in [4.78, 5) is 0. The third kappa shape index (κ3) is 7.86. The van der Waals surface area contributed by atoms with E-state index in [2.05, 4.69) is 5.32 Å². The second kappa shape index (κ2) is 14.5. The SMILES string of the molecule is CCOP(=O)(COc1ccccc1)C1(NCCCOc2ccc(OCc3ccccc3)cc2)CCCCC1O. The number of para-hydroxylation sites is 1. The molecule has 1 fully saturated rings. The summed E-state index contributed by atoms with van der Waals surface area (Å²) in [6, 6.07) is 26.9. The summed E-state index contributed by atoms with van der Waals surface area (Å²) in [7, 11) is -3.43. The highest BCUT2D eigenvalue weighted by Crippen LogP contribution is 2.62. The topological polar surface area (TPSA) is 86.3 Å². The molecule has 0 radical (unpaired) electrons. The molecule has 0 amide bonds. The molecule has 1 aliphatic carbocycles. The van der Waals surface area contributed by atoms with Gasteiger partial charge in [-0.05, 0) is 74.7 Å². The van der Waals surface area contributed by atoms with Gasteiger partial charge < -0.3 is 29.2 Å². The Labute approximate surface area is 231 Å². The van der Waals surface area contributed by atoms with Crippen LogP contribution in [0.15, 0.2) is 84.9 Å². The smallest absolute Gasteiger partial charge is 0.261 e. The molecule has 210 valence electrons. The monoisotopic (exact) mass is 553 g/mol. The van der Waals surface area contributed by atoms with Crippen molar-refractivity contribution in [3.05, 3.63) is 90.5 Å². The molecule has 0 spiro atoms. The van der Waals surface area contributed by atoms with Crippen molar-refractivity contribution in [1.29, 1.82) is 0 Å². The maximum Gasteiger partial charge on any atom is 0.261 e. The van der Waals surface area contributed by atoms with Crippen LogP contribution in [0.5, 0.6) is 17.2 Å². The second-order valence-electron chi connectivity index (χ2n) is 9.74. The molecule has 4 rings (SSSR count). The van der Waals surface area contributed by atoms with Crippen molar-refractivity contribution in [2.45, 2.75) is 57.0 Å². The van der Waals surface area contributed by atoms with Crippen molar-refractivity contribution in [1.82, 2.24) is 5.32 Å². The summed E-state index contributed by atoms with van der Waals surface area (Å²) in [5, 5.41) is 13.6. The summed E-state index contributed by atoms with van der Waals surface area (Å²) < 4.78 is 37.9. The zero-order valence-corrected chi connectivity index (χ0v) is 23.6. The Morgan fingerprint density at radius 3 is 2.18 bits per heavy atom. The molecule has 0 saturated heterocycles.